The Balaban J connectivity index is 4.42. The van der Waals surface area contributed by atoms with Crippen LogP contribution in [-0.2, 0) is 41.8 Å². The van der Waals surface area contributed by atoms with Gasteiger partial charge in [0.2, 0.25) is 0 Å². The molecule has 0 aliphatic rings. The fourth-order valence-corrected chi connectivity index (χ4v) is 8.14. The SMILES string of the molecule is CC/C=C/C/C=C/C=C/C(O)CCCCCCCC(=O)O[C@H](COC(=O)CCCCCCCCCCCCCCCCCCCCC(C)CC)COP(=O)(O)OC[C@@H](O)COP(=O)(O)O. The number of allylic oxidation sites excluding steroid dienone is 5. The summed E-state index contributed by atoms with van der Waals surface area (Å²) in [6, 6.07) is 0. The highest BCUT2D eigenvalue weighted by Gasteiger charge is 2.28. The van der Waals surface area contributed by atoms with E-state index in [0.717, 1.165) is 63.7 Å². The number of aliphatic hydroxyl groups is 2. The Morgan fingerprint density at radius 2 is 1.00 bits per heavy atom. The highest BCUT2D eigenvalue weighted by Crippen LogP contribution is 2.44. The van der Waals surface area contributed by atoms with Gasteiger partial charge >= 0.3 is 27.6 Å². The van der Waals surface area contributed by atoms with E-state index in [2.05, 4.69) is 37.4 Å². The Kier molecular flexibility index (Phi) is 42.4. The molecule has 65 heavy (non-hydrogen) atoms. The molecule has 0 aromatic heterocycles. The Morgan fingerprint density at radius 1 is 0.538 bits per heavy atom. The van der Waals surface area contributed by atoms with Crippen LogP contribution in [0, 0.1) is 5.92 Å². The number of esters is 2. The quantitative estimate of drug-likeness (QED) is 0.0126. The second kappa shape index (κ2) is 43.6. The van der Waals surface area contributed by atoms with Gasteiger partial charge in [-0.25, -0.2) is 9.13 Å². The van der Waals surface area contributed by atoms with Gasteiger partial charge in [-0.1, -0.05) is 205 Å². The monoisotopic (exact) mass is 967 g/mol. The van der Waals surface area contributed by atoms with Crippen molar-refractivity contribution in [2.45, 2.75) is 232 Å². The molecular weight excluding hydrogens is 874 g/mol. The van der Waals surface area contributed by atoms with E-state index in [1.807, 2.05) is 18.2 Å². The fraction of sp³-hybridized carbons (Fsp3) is 0.837. The van der Waals surface area contributed by atoms with Gasteiger partial charge in [0, 0.05) is 12.8 Å². The minimum atomic E-state index is -4.88. The summed E-state index contributed by atoms with van der Waals surface area (Å²) >= 11 is 0. The highest BCUT2D eigenvalue weighted by atomic mass is 31.2. The zero-order valence-electron chi connectivity index (χ0n) is 40.6. The van der Waals surface area contributed by atoms with Crippen molar-refractivity contribution in [3.8, 4) is 0 Å². The molecule has 14 nitrogen and oxygen atoms in total. The van der Waals surface area contributed by atoms with Gasteiger partial charge in [0.25, 0.3) is 0 Å². The predicted octanol–water partition coefficient (Wildman–Crippen LogP) is 12.5. The van der Waals surface area contributed by atoms with Gasteiger partial charge in [0.1, 0.15) is 12.7 Å². The van der Waals surface area contributed by atoms with Gasteiger partial charge < -0.3 is 34.4 Å². The molecule has 382 valence electrons. The van der Waals surface area contributed by atoms with Crippen LogP contribution in [0.15, 0.2) is 36.5 Å². The third-order valence-electron chi connectivity index (χ3n) is 11.2. The molecule has 0 aliphatic carbocycles. The van der Waals surface area contributed by atoms with Crippen molar-refractivity contribution in [1.29, 1.82) is 0 Å². The molecule has 0 radical (unpaired) electrons. The summed E-state index contributed by atoms with van der Waals surface area (Å²) in [6.45, 7) is 3.94. The summed E-state index contributed by atoms with van der Waals surface area (Å²) in [4.78, 5) is 52.9. The number of phosphoric ester groups is 2. The van der Waals surface area contributed by atoms with E-state index in [-0.39, 0.29) is 12.8 Å². The molecule has 0 saturated carbocycles. The van der Waals surface area contributed by atoms with Crippen molar-refractivity contribution in [3.63, 3.8) is 0 Å². The topological polar surface area (TPSA) is 216 Å². The van der Waals surface area contributed by atoms with E-state index in [0.29, 0.717) is 19.3 Å². The van der Waals surface area contributed by atoms with E-state index in [9.17, 15) is 33.8 Å². The maximum atomic E-state index is 12.7. The molecule has 0 aliphatic heterocycles. The number of rotatable bonds is 47. The second-order valence-electron chi connectivity index (χ2n) is 17.5. The van der Waals surface area contributed by atoms with Gasteiger partial charge in [-0.3, -0.25) is 23.2 Å². The molecular formula is C49H92O14P2. The van der Waals surface area contributed by atoms with Gasteiger partial charge in [-0.05, 0) is 38.0 Å². The maximum absolute atomic E-state index is 12.7. The van der Waals surface area contributed by atoms with Gasteiger partial charge in [0.05, 0.1) is 25.9 Å². The van der Waals surface area contributed by atoms with Gasteiger partial charge in [-0.15, -0.1) is 0 Å². The summed E-state index contributed by atoms with van der Waals surface area (Å²) in [5.41, 5.74) is 0. The van der Waals surface area contributed by atoms with Crippen LogP contribution in [0.2, 0.25) is 0 Å². The molecule has 0 bridgehead atoms. The zero-order valence-corrected chi connectivity index (χ0v) is 42.4. The van der Waals surface area contributed by atoms with E-state index < -0.39 is 72.3 Å². The van der Waals surface area contributed by atoms with Crippen LogP contribution in [0.4, 0.5) is 0 Å². The molecule has 0 aromatic carbocycles. The van der Waals surface area contributed by atoms with Crippen LogP contribution in [0.25, 0.3) is 0 Å². The molecule has 16 heteroatoms. The lowest BCUT2D eigenvalue weighted by Gasteiger charge is -2.20. The molecule has 0 heterocycles. The lowest BCUT2D eigenvalue weighted by molar-refractivity contribution is -0.161. The van der Waals surface area contributed by atoms with E-state index in [1.54, 1.807) is 6.08 Å². The highest BCUT2D eigenvalue weighted by molar-refractivity contribution is 7.47. The number of carbonyl (C=O) groups is 2. The molecule has 0 fully saturated rings. The Labute approximate surface area is 393 Å². The number of hydrogen-bond acceptors (Lipinski definition) is 11. The minimum Gasteiger partial charge on any atom is -0.462 e. The standard InChI is InChI=1S/C49H92O14P2/c1-4-6-7-8-21-26-31-36-45(50)37-32-27-24-29-34-39-49(53)63-47(43-62-65(57,58)61-41-46(51)40-60-64(54,55)56)42-59-48(52)38-33-28-23-20-18-16-14-12-10-9-11-13-15-17-19-22-25-30-35-44(3)5-2/h6-7,21,26,31,36,44-47,50-51H,4-5,8-20,22-25,27-30,32-35,37-43H2,1-3H3,(H,57,58)(H2,54,55,56)/b7-6+,26-21+,36-31+/t44?,45?,46-,47+/m0/s1. The van der Waals surface area contributed by atoms with Gasteiger partial charge in [0.15, 0.2) is 6.10 Å². The summed E-state index contributed by atoms with van der Waals surface area (Å²) in [5.74, 6) is -0.218. The number of phosphoric acid groups is 2. The number of ether oxygens (including phenoxy) is 2. The van der Waals surface area contributed by atoms with Crippen LogP contribution in [-0.4, -0.2) is 81.6 Å². The Morgan fingerprint density at radius 3 is 1.51 bits per heavy atom. The van der Waals surface area contributed by atoms with Crippen LogP contribution < -0.4 is 0 Å². The first kappa shape index (κ1) is 63.3. The average Bonchev–Trinajstić information content (AvgIpc) is 3.26. The number of aliphatic hydroxyl groups excluding tert-OH is 2. The van der Waals surface area contributed by atoms with E-state index in [1.165, 1.54) is 103 Å². The molecule has 0 rings (SSSR count). The lowest BCUT2D eigenvalue weighted by atomic mass is 9.99. The smallest absolute Gasteiger partial charge is 0.462 e. The summed E-state index contributed by atoms with van der Waals surface area (Å²) in [7, 11) is -9.71. The number of hydrogen-bond donors (Lipinski definition) is 5. The minimum absolute atomic E-state index is 0.0632. The normalized spacial score (nSPS) is 15.1. The van der Waals surface area contributed by atoms with Crippen molar-refractivity contribution >= 4 is 27.6 Å². The van der Waals surface area contributed by atoms with Crippen LogP contribution in [0.3, 0.4) is 0 Å². The molecule has 0 aromatic rings. The Bertz CT molecular complexity index is 1320. The van der Waals surface area contributed by atoms with Crippen LogP contribution >= 0.6 is 15.6 Å². The van der Waals surface area contributed by atoms with E-state index >= 15 is 0 Å². The molecule has 3 unspecified atom stereocenters. The zero-order chi connectivity index (χ0) is 48.3. The summed E-state index contributed by atoms with van der Waals surface area (Å²) in [6.07, 6.45) is 40.1. The van der Waals surface area contributed by atoms with Crippen LogP contribution in [0.5, 0.6) is 0 Å². The maximum Gasteiger partial charge on any atom is 0.472 e. The lowest BCUT2D eigenvalue weighted by Crippen LogP contribution is -2.30. The summed E-state index contributed by atoms with van der Waals surface area (Å²) in [5, 5.41) is 19.9. The number of unbranched alkanes of at least 4 members (excludes halogenated alkanes) is 21. The predicted molar refractivity (Wildman–Crippen MR) is 259 cm³/mol. The largest absolute Gasteiger partial charge is 0.472 e. The van der Waals surface area contributed by atoms with Crippen molar-refractivity contribution < 1.29 is 66.7 Å². The Hall–Kier alpha value is -1.70. The van der Waals surface area contributed by atoms with Gasteiger partial charge in [-0.2, -0.15) is 0 Å². The average molecular weight is 967 g/mol. The van der Waals surface area contributed by atoms with Crippen LogP contribution in [0.1, 0.15) is 213 Å². The molecule has 0 amide bonds. The molecule has 0 spiro atoms. The van der Waals surface area contributed by atoms with Crippen molar-refractivity contribution in [1.82, 2.24) is 0 Å². The van der Waals surface area contributed by atoms with E-state index in [4.69, 9.17) is 28.3 Å². The number of carbonyl (C=O) groups excluding carboxylic acids is 2. The third kappa shape index (κ3) is 47.2. The first-order valence-electron chi connectivity index (χ1n) is 25.2. The summed E-state index contributed by atoms with van der Waals surface area (Å²) < 4.78 is 47.9. The van der Waals surface area contributed by atoms with Crippen molar-refractivity contribution in [2.24, 2.45) is 5.92 Å². The first-order chi connectivity index (χ1) is 31.2. The first-order valence-corrected chi connectivity index (χ1v) is 28.2. The molecule has 5 N–H and O–H groups in total. The second-order valence-corrected chi connectivity index (χ2v) is 20.2. The van der Waals surface area contributed by atoms with Crippen molar-refractivity contribution in [2.75, 3.05) is 26.4 Å². The molecule has 5 atom stereocenters. The van der Waals surface area contributed by atoms with Crippen molar-refractivity contribution in [3.05, 3.63) is 36.5 Å². The fourth-order valence-electron chi connectivity index (χ4n) is 6.98. The molecule has 0 saturated heterocycles. The third-order valence-corrected chi connectivity index (χ3v) is 12.6.